The third-order valence-electron chi connectivity index (χ3n) is 6.64. The first-order valence-electron chi connectivity index (χ1n) is 12.2. The van der Waals surface area contributed by atoms with E-state index in [2.05, 4.69) is 17.1 Å². The van der Waals surface area contributed by atoms with Gasteiger partial charge in [0.05, 0.1) is 18.8 Å². The van der Waals surface area contributed by atoms with Gasteiger partial charge in [-0.25, -0.2) is 0 Å². The van der Waals surface area contributed by atoms with Crippen LogP contribution in [-0.2, 0) is 4.74 Å². The first kappa shape index (κ1) is 22.5. The van der Waals surface area contributed by atoms with Crippen LogP contribution in [0.1, 0.15) is 66.7 Å². The summed E-state index contributed by atoms with van der Waals surface area (Å²) in [6.07, 6.45) is 5.25. The second kappa shape index (κ2) is 9.89. The third kappa shape index (κ3) is 4.28. The highest BCUT2D eigenvalue weighted by Gasteiger charge is 2.43. The highest BCUT2D eigenvalue weighted by Crippen LogP contribution is 2.45. The van der Waals surface area contributed by atoms with Gasteiger partial charge in [0.25, 0.3) is 5.91 Å². The number of aromatic nitrogens is 2. The zero-order valence-electron chi connectivity index (χ0n) is 19.5. The van der Waals surface area contributed by atoms with Crippen molar-refractivity contribution < 1.29 is 19.4 Å². The van der Waals surface area contributed by atoms with Crippen molar-refractivity contribution in [1.29, 1.82) is 0 Å². The average molecular weight is 462 g/mol. The van der Waals surface area contributed by atoms with Crippen molar-refractivity contribution in [3.8, 4) is 22.8 Å². The van der Waals surface area contributed by atoms with Crippen LogP contribution >= 0.6 is 0 Å². The number of fused-ring (bicyclic) bond motifs is 1. The number of H-pyrrole nitrogens is 1. The molecule has 1 amide bonds. The van der Waals surface area contributed by atoms with Gasteiger partial charge in [-0.3, -0.25) is 9.89 Å². The molecule has 5 rings (SSSR count). The number of aromatic hydroxyl groups is 1. The number of hydrogen-bond donors (Lipinski definition) is 2. The van der Waals surface area contributed by atoms with Crippen LogP contribution in [0.2, 0.25) is 0 Å². The minimum atomic E-state index is -0.348. The van der Waals surface area contributed by atoms with Crippen molar-refractivity contribution in [2.75, 3.05) is 19.8 Å². The molecule has 3 heterocycles. The van der Waals surface area contributed by atoms with Crippen LogP contribution in [-0.4, -0.2) is 52.0 Å². The molecule has 1 aromatic heterocycles. The fourth-order valence-electron chi connectivity index (χ4n) is 4.93. The van der Waals surface area contributed by atoms with E-state index in [0.29, 0.717) is 30.1 Å². The molecule has 2 aliphatic rings. The van der Waals surface area contributed by atoms with E-state index in [4.69, 9.17) is 9.47 Å². The smallest absolute Gasteiger partial charge is 0.273 e. The second-order valence-electron chi connectivity index (χ2n) is 9.00. The van der Waals surface area contributed by atoms with Crippen LogP contribution < -0.4 is 4.74 Å². The molecular formula is C27H31N3O4. The number of aromatic amines is 1. The highest BCUT2D eigenvalue weighted by molar-refractivity contribution is 6.00. The van der Waals surface area contributed by atoms with Crippen LogP contribution in [0.3, 0.4) is 0 Å². The number of amides is 1. The monoisotopic (exact) mass is 461 g/mol. The summed E-state index contributed by atoms with van der Waals surface area (Å²) in [5.41, 5.74) is 3.40. The van der Waals surface area contributed by atoms with Gasteiger partial charge < -0.3 is 19.5 Å². The van der Waals surface area contributed by atoms with E-state index in [0.717, 1.165) is 55.6 Å². The van der Waals surface area contributed by atoms with Crippen molar-refractivity contribution >= 4 is 5.91 Å². The predicted octanol–water partition coefficient (Wildman–Crippen LogP) is 5.08. The SMILES string of the molecule is CCCCCOc1cccc([C@H]2c3c(-c4ccccc4O)n[nH]c3C(=O)N2C[C@@H]2CCCO2)c1. The van der Waals surface area contributed by atoms with E-state index in [9.17, 15) is 9.90 Å². The third-order valence-corrected chi connectivity index (χ3v) is 6.64. The van der Waals surface area contributed by atoms with Crippen LogP contribution in [0.15, 0.2) is 48.5 Å². The zero-order chi connectivity index (χ0) is 23.5. The normalized spacial score (nSPS) is 19.6. The van der Waals surface area contributed by atoms with E-state index < -0.39 is 0 Å². The molecule has 1 fully saturated rings. The molecular weight excluding hydrogens is 430 g/mol. The van der Waals surface area contributed by atoms with Gasteiger partial charge in [-0.2, -0.15) is 5.10 Å². The van der Waals surface area contributed by atoms with Gasteiger partial charge in [-0.1, -0.05) is 44.0 Å². The summed E-state index contributed by atoms with van der Waals surface area (Å²) in [5.74, 6) is 0.826. The molecule has 1 saturated heterocycles. The van der Waals surface area contributed by atoms with Crippen LogP contribution in [0.25, 0.3) is 11.3 Å². The summed E-state index contributed by atoms with van der Waals surface area (Å²) >= 11 is 0. The molecule has 0 unspecified atom stereocenters. The van der Waals surface area contributed by atoms with Gasteiger partial charge >= 0.3 is 0 Å². The number of nitrogens with zero attached hydrogens (tertiary/aromatic N) is 2. The van der Waals surface area contributed by atoms with E-state index >= 15 is 0 Å². The number of phenolic OH excluding ortho intramolecular Hbond substituents is 1. The van der Waals surface area contributed by atoms with Gasteiger partial charge in [0.15, 0.2) is 0 Å². The Balaban J connectivity index is 1.54. The van der Waals surface area contributed by atoms with Crippen molar-refractivity contribution in [3.63, 3.8) is 0 Å². The highest BCUT2D eigenvalue weighted by atomic mass is 16.5. The Labute approximate surface area is 199 Å². The summed E-state index contributed by atoms with van der Waals surface area (Å²) < 4.78 is 11.9. The number of hydrogen-bond acceptors (Lipinski definition) is 5. The van der Waals surface area contributed by atoms with Crippen molar-refractivity contribution in [2.45, 2.75) is 51.2 Å². The number of benzene rings is 2. The lowest BCUT2D eigenvalue weighted by atomic mass is 9.95. The Kier molecular flexibility index (Phi) is 6.54. The molecule has 0 radical (unpaired) electrons. The Morgan fingerprint density at radius 2 is 2.09 bits per heavy atom. The lowest BCUT2D eigenvalue weighted by Gasteiger charge is -2.28. The van der Waals surface area contributed by atoms with Gasteiger partial charge in [0.2, 0.25) is 0 Å². The topological polar surface area (TPSA) is 87.7 Å². The lowest BCUT2D eigenvalue weighted by molar-refractivity contribution is 0.0495. The molecule has 2 aliphatic heterocycles. The maximum atomic E-state index is 13.5. The number of unbranched alkanes of at least 4 members (excludes halogenated alkanes) is 2. The molecule has 0 saturated carbocycles. The van der Waals surface area contributed by atoms with E-state index in [1.165, 1.54) is 0 Å². The van der Waals surface area contributed by atoms with Gasteiger partial charge in [-0.15, -0.1) is 0 Å². The summed E-state index contributed by atoms with van der Waals surface area (Å²) in [6.45, 7) is 4.08. The number of carbonyl (C=O) groups excluding carboxylic acids is 1. The molecule has 7 nitrogen and oxygen atoms in total. The molecule has 178 valence electrons. The molecule has 3 aromatic rings. The van der Waals surface area contributed by atoms with Gasteiger partial charge in [-0.05, 0) is 49.1 Å². The molecule has 7 heteroatoms. The first-order valence-corrected chi connectivity index (χ1v) is 12.2. The molecule has 0 aliphatic carbocycles. The summed E-state index contributed by atoms with van der Waals surface area (Å²) in [7, 11) is 0. The quantitative estimate of drug-likeness (QED) is 0.434. The van der Waals surface area contributed by atoms with Crippen molar-refractivity contribution in [1.82, 2.24) is 15.1 Å². The number of ether oxygens (including phenoxy) is 2. The second-order valence-corrected chi connectivity index (χ2v) is 9.00. The lowest BCUT2D eigenvalue weighted by Crippen LogP contribution is -2.36. The van der Waals surface area contributed by atoms with E-state index in [1.54, 1.807) is 12.1 Å². The van der Waals surface area contributed by atoms with E-state index in [-0.39, 0.29) is 23.8 Å². The van der Waals surface area contributed by atoms with Gasteiger partial charge in [0, 0.05) is 24.3 Å². The Bertz CT molecular complexity index is 1150. The Morgan fingerprint density at radius 3 is 2.88 bits per heavy atom. The number of nitrogens with one attached hydrogen (secondary N) is 1. The fraction of sp³-hybridized carbons (Fsp3) is 0.407. The average Bonchev–Trinajstić information content (AvgIpc) is 3.57. The number of rotatable bonds is 9. The maximum absolute atomic E-state index is 13.5. The van der Waals surface area contributed by atoms with Gasteiger partial charge in [0.1, 0.15) is 22.9 Å². The molecule has 2 N–H and O–H groups in total. The molecule has 2 atom stereocenters. The Hall–Kier alpha value is -3.32. The Morgan fingerprint density at radius 1 is 1.21 bits per heavy atom. The number of carbonyl (C=O) groups is 1. The van der Waals surface area contributed by atoms with Crippen LogP contribution in [0.4, 0.5) is 0 Å². The summed E-state index contributed by atoms with van der Waals surface area (Å²) in [5, 5.41) is 17.9. The standard InChI is InChI=1S/C27H31N3O4/c1-2-3-6-14-33-19-10-7-9-18(16-19)26-23-24(21-12-4-5-13-22(21)31)28-29-25(23)27(32)30(26)17-20-11-8-15-34-20/h4-5,7,9-10,12-13,16,20,26,31H,2-3,6,8,11,14-15,17H2,1H3,(H,28,29)/t20-,26-/m0/s1. The molecule has 0 bridgehead atoms. The molecule has 0 spiro atoms. The minimum Gasteiger partial charge on any atom is -0.507 e. The van der Waals surface area contributed by atoms with Crippen LogP contribution in [0, 0.1) is 0 Å². The zero-order valence-corrected chi connectivity index (χ0v) is 19.5. The number of para-hydroxylation sites is 1. The summed E-state index contributed by atoms with van der Waals surface area (Å²) in [4.78, 5) is 15.4. The first-order chi connectivity index (χ1) is 16.7. The molecule has 2 aromatic carbocycles. The van der Waals surface area contributed by atoms with Crippen molar-refractivity contribution in [2.24, 2.45) is 0 Å². The van der Waals surface area contributed by atoms with Crippen LogP contribution in [0.5, 0.6) is 11.5 Å². The minimum absolute atomic E-state index is 0.0190. The predicted molar refractivity (Wildman–Crippen MR) is 129 cm³/mol. The number of phenols is 1. The molecule has 34 heavy (non-hydrogen) atoms. The van der Waals surface area contributed by atoms with Crippen molar-refractivity contribution in [3.05, 3.63) is 65.4 Å². The summed E-state index contributed by atoms with van der Waals surface area (Å²) in [6, 6.07) is 14.7. The largest absolute Gasteiger partial charge is 0.507 e. The maximum Gasteiger partial charge on any atom is 0.273 e. The van der Waals surface area contributed by atoms with E-state index in [1.807, 2.05) is 41.3 Å². The fourth-order valence-corrected chi connectivity index (χ4v) is 4.93.